The van der Waals surface area contributed by atoms with E-state index in [-0.39, 0.29) is 0 Å². The molecule has 3 aromatic carbocycles. The van der Waals surface area contributed by atoms with Gasteiger partial charge < -0.3 is 4.74 Å². The van der Waals surface area contributed by atoms with Crippen molar-refractivity contribution < 1.29 is 4.74 Å². The van der Waals surface area contributed by atoms with Crippen molar-refractivity contribution in [1.82, 2.24) is 14.9 Å². The van der Waals surface area contributed by atoms with Gasteiger partial charge in [-0.25, -0.2) is 0 Å². The number of aromatic amines is 1. The Bertz CT molecular complexity index is 1180. The maximum absolute atomic E-state index is 6.16. The van der Waals surface area contributed by atoms with Crippen LogP contribution in [0.4, 0.5) is 0 Å². The van der Waals surface area contributed by atoms with E-state index in [4.69, 9.17) is 17.0 Å². The number of aryl methyl sites for hydroxylation is 1. The summed E-state index contributed by atoms with van der Waals surface area (Å²) in [5.41, 5.74) is 3.27. The first-order valence-electron chi connectivity index (χ1n) is 8.58. The third-order valence-corrected chi connectivity index (χ3v) is 4.70. The first kappa shape index (κ1) is 17.2. The van der Waals surface area contributed by atoms with Gasteiger partial charge in [0.25, 0.3) is 0 Å². The van der Waals surface area contributed by atoms with E-state index in [0.29, 0.717) is 11.4 Å². The quantitative estimate of drug-likeness (QED) is 0.401. The zero-order valence-corrected chi connectivity index (χ0v) is 15.6. The first-order valence-corrected chi connectivity index (χ1v) is 8.98. The molecule has 1 heterocycles. The van der Waals surface area contributed by atoms with Gasteiger partial charge in [-0.1, -0.05) is 54.6 Å². The average Bonchev–Trinajstić information content (AvgIpc) is 3.10. The van der Waals surface area contributed by atoms with Crippen LogP contribution in [0.2, 0.25) is 0 Å². The van der Waals surface area contributed by atoms with Gasteiger partial charge in [-0.05, 0) is 47.1 Å². The fourth-order valence-electron chi connectivity index (χ4n) is 2.91. The summed E-state index contributed by atoms with van der Waals surface area (Å²) >= 11 is 5.16. The number of rotatable bonds is 5. The standard InChI is InChI=1S/C21H18N4OS/c1-15-6-2-3-8-17(15)13-26-20-11-10-16-7-4-5-9-18(16)19(20)12-23-25-14-22-24-21(25)27/h2-12,14H,13H2,1H3,(H,24,27)/b23-12-. The molecule has 0 saturated carbocycles. The van der Waals surface area contributed by atoms with E-state index < -0.39 is 0 Å². The van der Waals surface area contributed by atoms with Crippen LogP contribution < -0.4 is 4.74 Å². The van der Waals surface area contributed by atoms with Crippen LogP contribution >= 0.6 is 12.2 Å². The molecule has 0 aliphatic rings. The fraction of sp³-hybridized carbons (Fsp3) is 0.0952. The van der Waals surface area contributed by atoms with E-state index >= 15 is 0 Å². The highest BCUT2D eigenvalue weighted by Gasteiger charge is 2.08. The normalized spacial score (nSPS) is 11.3. The lowest BCUT2D eigenvalue weighted by Gasteiger charge is -2.13. The summed E-state index contributed by atoms with van der Waals surface area (Å²) in [7, 11) is 0. The molecule has 0 aliphatic carbocycles. The zero-order valence-electron chi connectivity index (χ0n) is 14.8. The van der Waals surface area contributed by atoms with Crippen LogP contribution in [0, 0.1) is 11.7 Å². The lowest BCUT2D eigenvalue weighted by molar-refractivity contribution is 0.305. The number of hydrogen-bond donors (Lipinski definition) is 1. The zero-order chi connectivity index (χ0) is 18.6. The maximum atomic E-state index is 6.16. The number of benzene rings is 3. The molecule has 0 radical (unpaired) electrons. The molecule has 4 aromatic rings. The van der Waals surface area contributed by atoms with Crippen LogP contribution in [-0.4, -0.2) is 21.1 Å². The Hall–Kier alpha value is -3.25. The van der Waals surface area contributed by atoms with E-state index in [1.165, 1.54) is 16.6 Å². The minimum Gasteiger partial charge on any atom is -0.488 e. The Labute approximate surface area is 161 Å². The molecule has 27 heavy (non-hydrogen) atoms. The summed E-state index contributed by atoms with van der Waals surface area (Å²) in [5, 5.41) is 13.2. The van der Waals surface area contributed by atoms with Gasteiger partial charge in [0.2, 0.25) is 4.77 Å². The van der Waals surface area contributed by atoms with Crippen LogP contribution in [-0.2, 0) is 6.61 Å². The van der Waals surface area contributed by atoms with Crippen LogP contribution in [0.5, 0.6) is 5.75 Å². The molecule has 0 unspecified atom stereocenters. The molecule has 1 aromatic heterocycles. The van der Waals surface area contributed by atoms with Crippen molar-refractivity contribution in [2.45, 2.75) is 13.5 Å². The van der Waals surface area contributed by atoms with E-state index in [1.54, 1.807) is 6.21 Å². The summed E-state index contributed by atoms with van der Waals surface area (Å²) in [6, 6.07) is 20.4. The summed E-state index contributed by atoms with van der Waals surface area (Å²) in [4.78, 5) is 0. The van der Waals surface area contributed by atoms with Gasteiger partial charge in [0.15, 0.2) is 0 Å². The average molecular weight is 374 g/mol. The SMILES string of the molecule is Cc1ccccc1COc1ccc2ccccc2c1/C=N\n1cn[nH]c1=S. The lowest BCUT2D eigenvalue weighted by atomic mass is 10.0. The number of aromatic nitrogens is 3. The van der Waals surface area contributed by atoms with Crippen molar-refractivity contribution in [1.29, 1.82) is 0 Å². The summed E-state index contributed by atoms with van der Waals surface area (Å²) in [6.45, 7) is 2.58. The second-order valence-corrected chi connectivity index (χ2v) is 6.55. The topological polar surface area (TPSA) is 55.2 Å². The number of fused-ring (bicyclic) bond motifs is 1. The highest BCUT2D eigenvalue weighted by atomic mass is 32.1. The minimum atomic E-state index is 0.439. The molecule has 0 spiro atoms. The van der Waals surface area contributed by atoms with E-state index in [0.717, 1.165) is 27.6 Å². The van der Waals surface area contributed by atoms with Crippen LogP contribution in [0.15, 0.2) is 72.1 Å². The number of nitrogens with one attached hydrogen (secondary N) is 1. The second kappa shape index (κ2) is 7.55. The third kappa shape index (κ3) is 3.66. The van der Waals surface area contributed by atoms with Gasteiger partial charge in [-0.15, -0.1) is 0 Å². The van der Waals surface area contributed by atoms with Crippen molar-refractivity contribution in [3.63, 3.8) is 0 Å². The predicted molar refractivity (Wildman–Crippen MR) is 110 cm³/mol. The predicted octanol–water partition coefficient (Wildman–Crippen LogP) is 4.86. The molecule has 4 rings (SSSR count). The minimum absolute atomic E-state index is 0.439. The molecule has 0 atom stereocenters. The van der Waals surface area contributed by atoms with Crippen molar-refractivity contribution >= 4 is 29.2 Å². The summed E-state index contributed by atoms with van der Waals surface area (Å²) in [6.07, 6.45) is 3.30. The molecule has 0 fully saturated rings. The van der Waals surface area contributed by atoms with Crippen molar-refractivity contribution in [3.05, 3.63) is 88.5 Å². The second-order valence-electron chi connectivity index (χ2n) is 6.16. The highest BCUT2D eigenvalue weighted by molar-refractivity contribution is 7.71. The van der Waals surface area contributed by atoms with Crippen molar-refractivity contribution in [2.75, 3.05) is 0 Å². The number of nitrogens with zero attached hydrogens (tertiary/aromatic N) is 3. The van der Waals surface area contributed by atoms with Crippen LogP contribution in [0.25, 0.3) is 10.8 Å². The van der Waals surface area contributed by atoms with Crippen molar-refractivity contribution in [2.24, 2.45) is 5.10 Å². The Morgan fingerprint density at radius 1 is 1.11 bits per heavy atom. The number of H-pyrrole nitrogens is 1. The molecule has 5 nitrogen and oxygen atoms in total. The highest BCUT2D eigenvalue weighted by Crippen LogP contribution is 2.27. The van der Waals surface area contributed by atoms with Gasteiger partial charge in [0, 0.05) is 5.56 Å². The molecule has 0 amide bonds. The van der Waals surface area contributed by atoms with E-state index in [2.05, 4.69) is 52.6 Å². The van der Waals surface area contributed by atoms with Gasteiger partial charge in [0.1, 0.15) is 18.7 Å². The number of ether oxygens (including phenoxy) is 1. The Kier molecular flexibility index (Phi) is 4.80. The van der Waals surface area contributed by atoms with Crippen molar-refractivity contribution in [3.8, 4) is 5.75 Å². The van der Waals surface area contributed by atoms with Gasteiger partial charge >= 0.3 is 0 Å². The van der Waals surface area contributed by atoms with Gasteiger partial charge in [-0.3, -0.25) is 5.10 Å². The molecule has 0 aliphatic heterocycles. The Morgan fingerprint density at radius 3 is 2.74 bits per heavy atom. The molecule has 0 bridgehead atoms. The lowest BCUT2D eigenvalue weighted by Crippen LogP contribution is -2.01. The largest absolute Gasteiger partial charge is 0.488 e. The van der Waals surface area contributed by atoms with Gasteiger partial charge in [0.05, 0.1) is 6.21 Å². The Morgan fingerprint density at radius 2 is 1.93 bits per heavy atom. The summed E-state index contributed by atoms with van der Waals surface area (Å²) < 4.78 is 8.12. The van der Waals surface area contributed by atoms with E-state index in [9.17, 15) is 0 Å². The smallest absolute Gasteiger partial charge is 0.216 e. The molecule has 6 heteroatoms. The first-order chi connectivity index (χ1) is 13.2. The molecule has 134 valence electrons. The van der Waals surface area contributed by atoms with Crippen LogP contribution in [0.1, 0.15) is 16.7 Å². The summed E-state index contributed by atoms with van der Waals surface area (Å²) in [5.74, 6) is 0.774. The molecule has 1 N–H and O–H groups in total. The monoisotopic (exact) mass is 374 g/mol. The van der Waals surface area contributed by atoms with Gasteiger partial charge in [-0.2, -0.15) is 14.9 Å². The third-order valence-electron chi connectivity index (χ3n) is 4.42. The van der Waals surface area contributed by atoms with E-state index in [1.807, 2.05) is 30.3 Å². The number of hydrogen-bond acceptors (Lipinski definition) is 4. The molecule has 0 saturated heterocycles. The molecular formula is C21H18N4OS. The maximum Gasteiger partial charge on any atom is 0.216 e. The fourth-order valence-corrected chi connectivity index (χ4v) is 3.05. The van der Waals surface area contributed by atoms with Crippen LogP contribution in [0.3, 0.4) is 0 Å². The Balaban J connectivity index is 1.73. The molecular weight excluding hydrogens is 356 g/mol.